The van der Waals surface area contributed by atoms with Crippen LogP contribution in [0.1, 0.15) is 32.1 Å². The minimum atomic E-state index is -1.56. The predicted octanol–water partition coefficient (Wildman–Crippen LogP) is 4.34. The molecule has 2 aliphatic carbocycles. The van der Waals surface area contributed by atoms with E-state index in [0.29, 0.717) is 5.92 Å². The van der Waals surface area contributed by atoms with Crippen molar-refractivity contribution < 1.29 is 4.43 Å². The van der Waals surface area contributed by atoms with Gasteiger partial charge >= 0.3 is 0 Å². The van der Waals surface area contributed by atoms with Crippen LogP contribution >= 0.6 is 23.2 Å². The molecule has 4 heteroatoms. The standard InChI is InChI=1S/C11H20Cl2OSi/c1-15(2,3)14-10-8-6-4-5-7-9(10)11(10,12)13/h9H,4-8H2,1-3H3/t9-,10-/m0/s1. The van der Waals surface area contributed by atoms with Crippen LogP contribution < -0.4 is 0 Å². The average Bonchev–Trinajstić information content (AvgIpc) is 2.57. The van der Waals surface area contributed by atoms with Crippen LogP contribution in [-0.2, 0) is 4.43 Å². The molecule has 0 aromatic heterocycles. The lowest BCUT2D eigenvalue weighted by Crippen LogP contribution is -2.37. The molecule has 0 N–H and O–H groups in total. The fraction of sp³-hybridized carbons (Fsp3) is 1.00. The van der Waals surface area contributed by atoms with Crippen molar-refractivity contribution in [3.63, 3.8) is 0 Å². The highest BCUT2D eigenvalue weighted by Gasteiger charge is 2.76. The second-order valence-electron chi connectivity index (χ2n) is 5.88. The topological polar surface area (TPSA) is 9.23 Å². The fourth-order valence-electron chi connectivity index (χ4n) is 2.91. The summed E-state index contributed by atoms with van der Waals surface area (Å²) in [5.41, 5.74) is -0.197. The summed E-state index contributed by atoms with van der Waals surface area (Å²) in [6, 6.07) is 0. The molecule has 0 aromatic carbocycles. The van der Waals surface area contributed by atoms with E-state index in [0.717, 1.165) is 12.8 Å². The van der Waals surface area contributed by atoms with Crippen LogP contribution in [-0.4, -0.2) is 18.3 Å². The van der Waals surface area contributed by atoms with E-state index >= 15 is 0 Å². The Labute approximate surface area is 104 Å². The largest absolute Gasteiger partial charge is 0.409 e. The summed E-state index contributed by atoms with van der Waals surface area (Å²) in [4.78, 5) is 0. The van der Waals surface area contributed by atoms with Crippen LogP contribution in [0, 0.1) is 5.92 Å². The number of hydrogen-bond acceptors (Lipinski definition) is 1. The Morgan fingerprint density at radius 3 is 2.40 bits per heavy atom. The predicted molar refractivity (Wildman–Crippen MR) is 68.2 cm³/mol. The molecule has 0 saturated heterocycles. The maximum absolute atomic E-state index is 6.41. The molecule has 2 rings (SSSR count). The second-order valence-corrected chi connectivity index (χ2v) is 11.7. The molecule has 2 saturated carbocycles. The number of fused-ring (bicyclic) bond motifs is 1. The summed E-state index contributed by atoms with van der Waals surface area (Å²) in [5, 5.41) is 0. The minimum absolute atomic E-state index is 0.197. The van der Waals surface area contributed by atoms with Crippen molar-refractivity contribution in [2.75, 3.05) is 0 Å². The van der Waals surface area contributed by atoms with Gasteiger partial charge in [0.05, 0.1) is 5.60 Å². The summed E-state index contributed by atoms with van der Waals surface area (Å²) in [5.74, 6) is 0.377. The summed E-state index contributed by atoms with van der Waals surface area (Å²) in [6.07, 6.45) is 5.95. The number of alkyl halides is 2. The Morgan fingerprint density at radius 1 is 1.13 bits per heavy atom. The maximum atomic E-state index is 6.41. The zero-order chi connectivity index (χ0) is 11.3. The molecule has 88 valence electrons. The Balaban J connectivity index is 2.17. The molecular weight excluding hydrogens is 247 g/mol. The van der Waals surface area contributed by atoms with Crippen LogP contribution in [0.5, 0.6) is 0 Å². The highest BCUT2D eigenvalue weighted by molar-refractivity contribution is 6.70. The van der Waals surface area contributed by atoms with E-state index in [1.165, 1.54) is 19.3 Å². The van der Waals surface area contributed by atoms with Gasteiger partial charge in [-0.15, -0.1) is 0 Å². The Hall–Kier alpha value is 0.757. The normalized spacial score (nSPS) is 39.4. The van der Waals surface area contributed by atoms with Crippen molar-refractivity contribution >= 4 is 31.5 Å². The first-order valence-electron chi connectivity index (χ1n) is 5.88. The first-order chi connectivity index (χ1) is 6.80. The van der Waals surface area contributed by atoms with Gasteiger partial charge in [-0.2, -0.15) is 0 Å². The van der Waals surface area contributed by atoms with Gasteiger partial charge in [0, 0.05) is 5.92 Å². The van der Waals surface area contributed by atoms with Gasteiger partial charge < -0.3 is 4.43 Å². The van der Waals surface area contributed by atoms with Gasteiger partial charge in [0.2, 0.25) is 0 Å². The van der Waals surface area contributed by atoms with Gasteiger partial charge in [-0.25, -0.2) is 0 Å². The quantitative estimate of drug-likeness (QED) is 0.534. The Kier molecular flexibility index (Phi) is 2.95. The van der Waals surface area contributed by atoms with Gasteiger partial charge in [-0.1, -0.05) is 42.5 Å². The van der Waals surface area contributed by atoms with E-state index in [9.17, 15) is 0 Å². The summed E-state index contributed by atoms with van der Waals surface area (Å²) < 4.78 is 5.71. The molecule has 0 heterocycles. The fourth-order valence-corrected chi connectivity index (χ4v) is 5.53. The third-order valence-corrected chi connectivity index (χ3v) is 5.65. The molecule has 0 radical (unpaired) electrons. The molecule has 0 bridgehead atoms. The summed E-state index contributed by atoms with van der Waals surface area (Å²) >= 11 is 12.8. The van der Waals surface area contributed by atoms with Crippen LogP contribution in [0.2, 0.25) is 19.6 Å². The van der Waals surface area contributed by atoms with E-state index < -0.39 is 12.7 Å². The molecule has 0 aromatic rings. The minimum Gasteiger partial charge on any atom is -0.409 e. The molecule has 0 amide bonds. The molecule has 2 atom stereocenters. The van der Waals surface area contributed by atoms with Gasteiger partial charge in [0.1, 0.15) is 0 Å². The first kappa shape index (κ1) is 12.2. The van der Waals surface area contributed by atoms with Gasteiger partial charge in [-0.05, 0) is 32.5 Å². The van der Waals surface area contributed by atoms with Crippen molar-refractivity contribution in [2.45, 2.75) is 61.7 Å². The SMILES string of the molecule is C[Si](C)(C)O[C@@]12CCCCC[C@@H]1C2(Cl)Cl. The number of hydrogen-bond donors (Lipinski definition) is 0. The van der Waals surface area contributed by atoms with E-state index in [1.807, 2.05) is 0 Å². The van der Waals surface area contributed by atoms with Crippen molar-refractivity contribution in [1.29, 1.82) is 0 Å². The number of rotatable bonds is 2. The van der Waals surface area contributed by atoms with Crippen LogP contribution in [0.25, 0.3) is 0 Å². The lowest BCUT2D eigenvalue weighted by atomic mass is 10.1. The third-order valence-electron chi connectivity index (χ3n) is 3.51. The monoisotopic (exact) mass is 266 g/mol. The Bertz CT molecular complexity index is 262. The van der Waals surface area contributed by atoms with Gasteiger partial charge in [0.15, 0.2) is 12.7 Å². The van der Waals surface area contributed by atoms with Crippen molar-refractivity contribution in [2.24, 2.45) is 5.92 Å². The summed E-state index contributed by atoms with van der Waals surface area (Å²) in [6.45, 7) is 6.64. The molecule has 2 fully saturated rings. The average molecular weight is 267 g/mol. The highest BCUT2D eigenvalue weighted by atomic mass is 35.5. The van der Waals surface area contributed by atoms with Gasteiger partial charge in [-0.3, -0.25) is 0 Å². The number of halogens is 2. The molecule has 0 spiro atoms. The van der Waals surface area contributed by atoms with Crippen LogP contribution in [0.4, 0.5) is 0 Å². The smallest absolute Gasteiger partial charge is 0.184 e. The molecule has 1 nitrogen and oxygen atoms in total. The molecular formula is C11H20Cl2OSi. The van der Waals surface area contributed by atoms with Crippen LogP contribution in [0.15, 0.2) is 0 Å². The van der Waals surface area contributed by atoms with Crippen molar-refractivity contribution in [3.05, 3.63) is 0 Å². The molecule has 15 heavy (non-hydrogen) atoms. The van der Waals surface area contributed by atoms with Crippen molar-refractivity contribution in [1.82, 2.24) is 0 Å². The van der Waals surface area contributed by atoms with E-state index in [-0.39, 0.29) is 5.60 Å². The maximum Gasteiger partial charge on any atom is 0.184 e. The molecule has 0 aliphatic heterocycles. The first-order valence-corrected chi connectivity index (χ1v) is 10.0. The summed E-state index contributed by atoms with van der Waals surface area (Å²) in [7, 11) is -1.56. The van der Waals surface area contributed by atoms with E-state index in [4.69, 9.17) is 27.6 Å². The zero-order valence-electron chi connectivity index (χ0n) is 9.78. The third kappa shape index (κ3) is 1.99. The van der Waals surface area contributed by atoms with Gasteiger partial charge in [0.25, 0.3) is 0 Å². The zero-order valence-corrected chi connectivity index (χ0v) is 12.3. The lowest BCUT2D eigenvalue weighted by molar-refractivity contribution is 0.140. The Morgan fingerprint density at radius 2 is 1.80 bits per heavy atom. The molecule has 2 aliphatic rings. The highest BCUT2D eigenvalue weighted by Crippen LogP contribution is 2.70. The second kappa shape index (κ2) is 3.62. The van der Waals surface area contributed by atoms with E-state index in [2.05, 4.69) is 19.6 Å². The van der Waals surface area contributed by atoms with Crippen molar-refractivity contribution in [3.8, 4) is 0 Å². The lowest BCUT2D eigenvalue weighted by Gasteiger charge is -2.28. The molecule has 0 unspecified atom stereocenters. The van der Waals surface area contributed by atoms with Crippen LogP contribution in [0.3, 0.4) is 0 Å². The van der Waals surface area contributed by atoms with E-state index in [1.54, 1.807) is 0 Å².